The van der Waals surface area contributed by atoms with E-state index >= 15 is 0 Å². The van der Waals surface area contributed by atoms with Crippen LogP contribution >= 0.6 is 0 Å². The monoisotopic (exact) mass is 286 g/mol. The van der Waals surface area contributed by atoms with Crippen molar-refractivity contribution in [3.8, 4) is 0 Å². The van der Waals surface area contributed by atoms with Gasteiger partial charge in [-0.1, -0.05) is 84.0 Å². The van der Waals surface area contributed by atoms with Gasteiger partial charge in [-0.05, 0) is 19.3 Å². The summed E-state index contributed by atoms with van der Waals surface area (Å²) >= 11 is 0. The van der Waals surface area contributed by atoms with E-state index in [4.69, 9.17) is 5.11 Å². The van der Waals surface area contributed by atoms with E-state index < -0.39 is 0 Å². The average Bonchev–Trinajstić information content (AvgIpc) is 2.46. The summed E-state index contributed by atoms with van der Waals surface area (Å²) < 4.78 is 0. The van der Waals surface area contributed by atoms with Crippen molar-refractivity contribution in [3.63, 3.8) is 0 Å². The highest BCUT2D eigenvalue weighted by Gasteiger charge is 2.02. The number of aliphatic hydroxyl groups is 2. The molecule has 0 saturated heterocycles. The van der Waals surface area contributed by atoms with E-state index in [1.807, 2.05) is 0 Å². The third kappa shape index (κ3) is 16.0. The molecule has 0 aromatic rings. The first kappa shape index (κ1) is 19.9. The minimum absolute atomic E-state index is 0.190. The van der Waals surface area contributed by atoms with Crippen LogP contribution in [0.15, 0.2) is 0 Å². The van der Waals surface area contributed by atoms with Crippen molar-refractivity contribution >= 4 is 0 Å². The Hall–Kier alpha value is -0.0800. The normalized spacial score (nSPS) is 12.8. The Kier molecular flexibility index (Phi) is 16.9. The number of rotatable bonds is 16. The van der Waals surface area contributed by atoms with Crippen LogP contribution in [0.25, 0.3) is 0 Å². The first-order chi connectivity index (χ1) is 9.81. The molecule has 0 radical (unpaired) electrons. The third-order valence-electron chi connectivity index (χ3n) is 4.09. The molecule has 2 nitrogen and oxygen atoms in total. The number of unbranched alkanes of at least 4 members (excludes halogenated alkanes) is 11. The van der Waals surface area contributed by atoms with Crippen LogP contribution in [0.3, 0.4) is 0 Å². The van der Waals surface area contributed by atoms with Crippen LogP contribution in [-0.2, 0) is 0 Å². The van der Waals surface area contributed by atoms with Crippen molar-refractivity contribution in [2.75, 3.05) is 6.61 Å². The second kappa shape index (κ2) is 17.0. The molecule has 1 unspecified atom stereocenters. The van der Waals surface area contributed by atoms with Gasteiger partial charge in [0, 0.05) is 6.61 Å². The quantitative estimate of drug-likeness (QED) is 0.382. The SMILES string of the molecule is CCCCCCCCCCCCCCC(O)CCCO. The summed E-state index contributed by atoms with van der Waals surface area (Å²) in [6.45, 7) is 2.47. The maximum Gasteiger partial charge on any atom is 0.0541 e. The lowest BCUT2D eigenvalue weighted by molar-refractivity contribution is 0.137. The van der Waals surface area contributed by atoms with Gasteiger partial charge in [0.2, 0.25) is 0 Å². The van der Waals surface area contributed by atoms with Crippen molar-refractivity contribution < 1.29 is 10.2 Å². The molecule has 0 bridgehead atoms. The zero-order valence-electron chi connectivity index (χ0n) is 13.8. The molecular formula is C18H38O2. The highest BCUT2D eigenvalue weighted by atomic mass is 16.3. The summed E-state index contributed by atoms with van der Waals surface area (Å²) in [4.78, 5) is 0. The average molecular weight is 286 g/mol. The summed E-state index contributed by atoms with van der Waals surface area (Å²) in [6, 6.07) is 0. The molecule has 20 heavy (non-hydrogen) atoms. The predicted octanol–water partition coefficient (Wildman–Crippen LogP) is 5.21. The molecule has 0 aromatic carbocycles. The molecule has 2 N–H and O–H groups in total. The predicted molar refractivity (Wildman–Crippen MR) is 88.0 cm³/mol. The molecule has 0 aliphatic carbocycles. The van der Waals surface area contributed by atoms with Crippen molar-refractivity contribution in [1.29, 1.82) is 0 Å². The van der Waals surface area contributed by atoms with E-state index in [2.05, 4.69) is 6.92 Å². The molecule has 0 rings (SSSR count). The summed E-state index contributed by atoms with van der Waals surface area (Å²) in [5.41, 5.74) is 0. The van der Waals surface area contributed by atoms with E-state index in [0.29, 0.717) is 0 Å². The van der Waals surface area contributed by atoms with Gasteiger partial charge in [0.05, 0.1) is 6.10 Å². The topological polar surface area (TPSA) is 40.5 Å². The first-order valence-electron chi connectivity index (χ1n) is 9.10. The van der Waals surface area contributed by atoms with Crippen molar-refractivity contribution in [2.45, 2.75) is 109 Å². The van der Waals surface area contributed by atoms with Crippen molar-refractivity contribution in [3.05, 3.63) is 0 Å². The van der Waals surface area contributed by atoms with E-state index in [-0.39, 0.29) is 12.7 Å². The highest BCUT2D eigenvalue weighted by molar-refractivity contribution is 4.56. The molecule has 0 aromatic heterocycles. The van der Waals surface area contributed by atoms with Crippen molar-refractivity contribution in [1.82, 2.24) is 0 Å². The van der Waals surface area contributed by atoms with Gasteiger partial charge in [-0.15, -0.1) is 0 Å². The summed E-state index contributed by atoms with van der Waals surface area (Å²) in [7, 11) is 0. The van der Waals surface area contributed by atoms with Gasteiger partial charge < -0.3 is 10.2 Å². The molecular weight excluding hydrogens is 248 g/mol. The van der Waals surface area contributed by atoms with Crippen LogP contribution in [0.2, 0.25) is 0 Å². The standard InChI is InChI=1S/C18H38O2/c1-2-3-4-5-6-7-8-9-10-11-12-13-15-18(20)16-14-17-19/h18-20H,2-17H2,1H3. The minimum Gasteiger partial charge on any atom is -0.396 e. The van der Waals surface area contributed by atoms with Gasteiger partial charge in [0.1, 0.15) is 0 Å². The fraction of sp³-hybridized carbons (Fsp3) is 1.00. The molecule has 0 heterocycles. The highest BCUT2D eigenvalue weighted by Crippen LogP contribution is 2.13. The van der Waals surface area contributed by atoms with E-state index in [9.17, 15) is 5.11 Å². The number of hydrogen-bond acceptors (Lipinski definition) is 2. The van der Waals surface area contributed by atoms with Gasteiger partial charge in [-0.2, -0.15) is 0 Å². The van der Waals surface area contributed by atoms with Crippen LogP contribution in [-0.4, -0.2) is 22.9 Å². The lowest BCUT2D eigenvalue weighted by Gasteiger charge is -2.09. The van der Waals surface area contributed by atoms with Gasteiger partial charge in [0.15, 0.2) is 0 Å². The Labute approximate surface area is 127 Å². The Bertz CT molecular complexity index is 171. The van der Waals surface area contributed by atoms with Crippen molar-refractivity contribution in [2.24, 2.45) is 0 Å². The molecule has 0 fully saturated rings. The summed E-state index contributed by atoms with van der Waals surface area (Å²) in [5, 5.41) is 18.3. The number of aliphatic hydroxyl groups excluding tert-OH is 2. The smallest absolute Gasteiger partial charge is 0.0541 e. The molecule has 122 valence electrons. The Morgan fingerprint density at radius 1 is 0.600 bits per heavy atom. The molecule has 1 atom stereocenters. The van der Waals surface area contributed by atoms with Gasteiger partial charge >= 0.3 is 0 Å². The van der Waals surface area contributed by atoms with E-state index in [0.717, 1.165) is 25.7 Å². The van der Waals surface area contributed by atoms with Crippen LogP contribution in [0, 0.1) is 0 Å². The van der Waals surface area contributed by atoms with Crippen LogP contribution in [0.5, 0.6) is 0 Å². The lowest BCUT2D eigenvalue weighted by atomic mass is 10.0. The zero-order chi connectivity index (χ0) is 14.9. The van der Waals surface area contributed by atoms with Crippen LogP contribution in [0.1, 0.15) is 103 Å². The second-order valence-corrected chi connectivity index (χ2v) is 6.20. The molecule has 0 aliphatic rings. The maximum absolute atomic E-state index is 9.63. The van der Waals surface area contributed by atoms with Gasteiger partial charge in [-0.3, -0.25) is 0 Å². The molecule has 0 saturated carbocycles. The Balaban J connectivity index is 3.02. The van der Waals surface area contributed by atoms with Gasteiger partial charge in [0.25, 0.3) is 0 Å². The maximum atomic E-state index is 9.63. The number of hydrogen-bond donors (Lipinski definition) is 2. The fourth-order valence-corrected chi connectivity index (χ4v) is 2.69. The van der Waals surface area contributed by atoms with Crippen LogP contribution in [0.4, 0.5) is 0 Å². The zero-order valence-corrected chi connectivity index (χ0v) is 13.8. The first-order valence-corrected chi connectivity index (χ1v) is 9.10. The second-order valence-electron chi connectivity index (χ2n) is 6.20. The summed E-state index contributed by atoms with van der Waals surface area (Å²) in [5.74, 6) is 0. The Morgan fingerprint density at radius 2 is 1.00 bits per heavy atom. The van der Waals surface area contributed by atoms with E-state index in [1.54, 1.807) is 0 Å². The molecule has 0 amide bonds. The minimum atomic E-state index is -0.190. The largest absolute Gasteiger partial charge is 0.396 e. The summed E-state index contributed by atoms with van der Waals surface area (Å²) in [6.07, 6.45) is 18.6. The fourth-order valence-electron chi connectivity index (χ4n) is 2.69. The molecule has 0 spiro atoms. The van der Waals surface area contributed by atoms with Crippen LogP contribution < -0.4 is 0 Å². The Morgan fingerprint density at radius 3 is 1.45 bits per heavy atom. The van der Waals surface area contributed by atoms with E-state index in [1.165, 1.54) is 70.6 Å². The lowest BCUT2D eigenvalue weighted by Crippen LogP contribution is -2.06. The molecule has 2 heteroatoms. The van der Waals surface area contributed by atoms with Gasteiger partial charge in [-0.25, -0.2) is 0 Å². The third-order valence-corrected chi connectivity index (χ3v) is 4.09. The molecule has 0 aliphatic heterocycles.